The van der Waals surface area contributed by atoms with Crippen LogP contribution >= 0.6 is 0 Å². The van der Waals surface area contributed by atoms with Crippen molar-refractivity contribution in [2.45, 2.75) is 58.8 Å². The summed E-state index contributed by atoms with van der Waals surface area (Å²) in [5.41, 5.74) is 4.89. The lowest BCUT2D eigenvalue weighted by Crippen LogP contribution is -2.38. The van der Waals surface area contributed by atoms with Gasteiger partial charge in [0.2, 0.25) is 5.88 Å². The molecule has 0 aliphatic carbocycles. The summed E-state index contributed by atoms with van der Waals surface area (Å²) in [5, 5.41) is 24.3. The van der Waals surface area contributed by atoms with Gasteiger partial charge in [-0.3, -0.25) is 0 Å². The van der Waals surface area contributed by atoms with E-state index in [0.29, 0.717) is 35.8 Å². The van der Waals surface area contributed by atoms with Crippen LogP contribution in [-0.2, 0) is 4.74 Å². The molecule has 0 bridgehead atoms. The molecule has 168 valence electrons. The van der Waals surface area contributed by atoms with Crippen LogP contribution in [0.2, 0.25) is 0 Å². The molecule has 4 rings (SSSR count). The van der Waals surface area contributed by atoms with Gasteiger partial charge in [-0.25, -0.2) is 4.98 Å². The number of aryl methyl sites for hydroxylation is 1. The van der Waals surface area contributed by atoms with Crippen LogP contribution in [-0.4, -0.2) is 35.2 Å². The molecular formula is C25H29N3O4. The molecule has 2 atom stereocenters. The molecule has 0 saturated heterocycles. The van der Waals surface area contributed by atoms with E-state index in [1.807, 2.05) is 40.7 Å². The number of nitrogens with zero attached hydrogens (tertiary/aromatic N) is 2. The van der Waals surface area contributed by atoms with Crippen molar-refractivity contribution in [2.24, 2.45) is 0 Å². The molecule has 2 aromatic rings. The standard InChI is InChI=1S/C25H29N3O4/c1-6-17-20-19(21-22(28-17)14(3)12-27-23(21)30-7-2)16-9-8-15(11-26)10-18(16)31-13-25(4,5)32-24(20)29/h8-10,12,19,24,28-29H,6-7,13H2,1-5H3. The monoisotopic (exact) mass is 435 g/mol. The molecule has 3 heterocycles. The summed E-state index contributed by atoms with van der Waals surface area (Å²) in [6.07, 6.45) is 1.30. The molecule has 32 heavy (non-hydrogen) atoms. The Balaban J connectivity index is 2.07. The zero-order valence-electron chi connectivity index (χ0n) is 19.2. The summed E-state index contributed by atoms with van der Waals surface area (Å²) in [6, 6.07) is 7.60. The summed E-state index contributed by atoms with van der Waals surface area (Å²) >= 11 is 0. The van der Waals surface area contributed by atoms with Gasteiger partial charge in [-0.1, -0.05) is 13.0 Å². The first-order valence-corrected chi connectivity index (χ1v) is 10.9. The van der Waals surface area contributed by atoms with E-state index in [2.05, 4.69) is 16.4 Å². The first-order valence-electron chi connectivity index (χ1n) is 10.9. The number of aliphatic hydroxyl groups is 1. The number of rotatable bonds is 3. The molecule has 2 unspecified atom stereocenters. The molecule has 0 spiro atoms. The second-order valence-electron chi connectivity index (χ2n) is 8.70. The number of aliphatic hydroxyl groups excluding tert-OH is 1. The first kappa shape index (κ1) is 22.1. The lowest BCUT2D eigenvalue weighted by atomic mass is 9.79. The van der Waals surface area contributed by atoms with E-state index < -0.39 is 17.8 Å². The van der Waals surface area contributed by atoms with Crippen molar-refractivity contribution < 1.29 is 19.3 Å². The lowest BCUT2D eigenvalue weighted by molar-refractivity contribution is -0.163. The second kappa shape index (κ2) is 8.45. The average Bonchev–Trinajstić information content (AvgIpc) is 2.81. The molecule has 1 aromatic carbocycles. The van der Waals surface area contributed by atoms with Crippen molar-refractivity contribution in [1.29, 1.82) is 5.26 Å². The number of nitriles is 1. The highest BCUT2D eigenvalue weighted by molar-refractivity contribution is 5.72. The Hall–Kier alpha value is -3.08. The molecule has 7 heteroatoms. The number of allylic oxidation sites excluding steroid dienone is 1. The van der Waals surface area contributed by atoms with Crippen LogP contribution in [0.1, 0.15) is 62.3 Å². The predicted molar refractivity (Wildman–Crippen MR) is 121 cm³/mol. The van der Waals surface area contributed by atoms with Crippen molar-refractivity contribution in [1.82, 2.24) is 4.98 Å². The Bertz CT molecular complexity index is 1120. The van der Waals surface area contributed by atoms with Crippen LogP contribution in [0.15, 0.2) is 35.7 Å². The summed E-state index contributed by atoms with van der Waals surface area (Å²) in [4.78, 5) is 4.56. The normalized spacial score (nSPS) is 21.4. The minimum absolute atomic E-state index is 0.220. The number of nitrogens with one attached hydrogen (secondary N) is 1. The molecule has 0 fully saturated rings. The quantitative estimate of drug-likeness (QED) is 0.738. The summed E-state index contributed by atoms with van der Waals surface area (Å²) in [6.45, 7) is 10.4. The van der Waals surface area contributed by atoms with Crippen molar-refractivity contribution in [3.8, 4) is 17.7 Å². The molecule has 1 aromatic heterocycles. The van der Waals surface area contributed by atoms with Gasteiger partial charge in [-0.05, 0) is 51.8 Å². The topological polar surface area (TPSA) is 96.6 Å². The molecule has 0 saturated carbocycles. The Morgan fingerprint density at radius 3 is 2.81 bits per heavy atom. The summed E-state index contributed by atoms with van der Waals surface area (Å²) < 4.78 is 18.2. The highest BCUT2D eigenvalue weighted by atomic mass is 16.6. The van der Waals surface area contributed by atoms with Crippen molar-refractivity contribution in [3.63, 3.8) is 0 Å². The number of hydrogen-bond acceptors (Lipinski definition) is 7. The maximum absolute atomic E-state index is 11.3. The van der Waals surface area contributed by atoms with Gasteiger partial charge in [-0.15, -0.1) is 0 Å². The molecule has 2 aliphatic heterocycles. The van der Waals surface area contributed by atoms with Gasteiger partial charge in [0, 0.05) is 34.5 Å². The Labute approximate surface area is 188 Å². The number of benzene rings is 1. The number of pyridine rings is 1. The van der Waals surface area contributed by atoms with Crippen LogP contribution in [0, 0.1) is 18.3 Å². The van der Waals surface area contributed by atoms with Gasteiger partial charge >= 0.3 is 0 Å². The Morgan fingerprint density at radius 1 is 1.34 bits per heavy atom. The third-order valence-corrected chi connectivity index (χ3v) is 5.85. The summed E-state index contributed by atoms with van der Waals surface area (Å²) in [5.74, 6) is 0.672. The maximum Gasteiger partial charge on any atom is 0.219 e. The largest absolute Gasteiger partial charge is 0.490 e. The molecular weight excluding hydrogens is 406 g/mol. The molecule has 2 N–H and O–H groups in total. The van der Waals surface area contributed by atoms with Gasteiger partial charge in [0.25, 0.3) is 0 Å². The predicted octanol–water partition coefficient (Wildman–Crippen LogP) is 4.39. The Kier molecular flexibility index (Phi) is 5.85. The number of anilines is 1. The van der Waals surface area contributed by atoms with E-state index in [0.717, 1.165) is 28.1 Å². The minimum Gasteiger partial charge on any atom is -0.490 e. The van der Waals surface area contributed by atoms with Gasteiger partial charge in [0.05, 0.1) is 29.5 Å². The molecule has 0 radical (unpaired) electrons. The third kappa shape index (κ3) is 3.81. The van der Waals surface area contributed by atoms with E-state index >= 15 is 0 Å². The average molecular weight is 436 g/mol. The molecule has 2 aliphatic rings. The van der Waals surface area contributed by atoms with Crippen LogP contribution in [0.3, 0.4) is 0 Å². The van der Waals surface area contributed by atoms with Gasteiger partial charge in [-0.2, -0.15) is 5.26 Å². The second-order valence-corrected chi connectivity index (χ2v) is 8.70. The van der Waals surface area contributed by atoms with E-state index in [1.165, 1.54) is 0 Å². The van der Waals surface area contributed by atoms with Gasteiger partial charge in [0.1, 0.15) is 12.4 Å². The number of ether oxygens (including phenoxy) is 3. The number of fused-ring (bicyclic) bond motifs is 5. The SMILES string of the molecule is CCOc1ncc(C)c2c1C1C(=C(CC)N2)C(O)OC(C)(C)COc2cc(C#N)ccc21. The van der Waals surface area contributed by atoms with E-state index in [4.69, 9.17) is 14.2 Å². The fourth-order valence-corrected chi connectivity index (χ4v) is 4.37. The fourth-order valence-electron chi connectivity index (χ4n) is 4.37. The van der Waals surface area contributed by atoms with Crippen LogP contribution in [0.4, 0.5) is 5.69 Å². The van der Waals surface area contributed by atoms with Gasteiger partial charge in [0.15, 0.2) is 6.29 Å². The fraction of sp³-hybridized carbons (Fsp3) is 0.440. The third-order valence-electron chi connectivity index (χ3n) is 5.85. The highest BCUT2D eigenvalue weighted by Crippen LogP contribution is 2.51. The Morgan fingerprint density at radius 2 is 2.12 bits per heavy atom. The summed E-state index contributed by atoms with van der Waals surface area (Å²) in [7, 11) is 0. The maximum atomic E-state index is 11.3. The highest BCUT2D eigenvalue weighted by Gasteiger charge is 2.41. The lowest BCUT2D eigenvalue weighted by Gasteiger charge is -2.36. The molecule has 0 amide bonds. The number of aromatic nitrogens is 1. The van der Waals surface area contributed by atoms with E-state index in [1.54, 1.807) is 18.3 Å². The van der Waals surface area contributed by atoms with Crippen LogP contribution in [0.25, 0.3) is 0 Å². The first-order chi connectivity index (χ1) is 15.3. The molecule has 7 nitrogen and oxygen atoms in total. The zero-order chi connectivity index (χ0) is 23.0. The van der Waals surface area contributed by atoms with Crippen LogP contribution in [0.5, 0.6) is 11.6 Å². The number of hydrogen-bond donors (Lipinski definition) is 2. The minimum atomic E-state index is -1.16. The smallest absolute Gasteiger partial charge is 0.219 e. The van der Waals surface area contributed by atoms with Crippen LogP contribution < -0.4 is 14.8 Å². The van der Waals surface area contributed by atoms with E-state index in [-0.39, 0.29) is 6.61 Å². The van der Waals surface area contributed by atoms with Crippen molar-refractivity contribution >= 4 is 5.69 Å². The van der Waals surface area contributed by atoms with Crippen molar-refractivity contribution in [3.05, 3.63) is 57.9 Å². The zero-order valence-corrected chi connectivity index (χ0v) is 19.2. The van der Waals surface area contributed by atoms with Crippen molar-refractivity contribution in [2.75, 3.05) is 18.5 Å². The van der Waals surface area contributed by atoms with E-state index in [9.17, 15) is 10.4 Å². The van der Waals surface area contributed by atoms with Gasteiger partial charge < -0.3 is 24.6 Å².